The molecule has 7 heteroatoms. The summed E-state index contributed by atoms with van der Waals surface area (Å²) in [7, 11) is 1.65. The Kier molecular flexibility index (Phi) is 4.82. The van der Waals surface area contributed by atoms with Crippen LogP contribution in [0.5, 0.6) is 0 Å². The maximum atomic E-state index is 12.3. The summed E-state index contributed by atoms with van der Waals surface area (Å²) in [6, 6.07) is -0.361. The highest BCUT2D eigenvalue weighted by Crippen LogP contribution is 2.27. The smallest absolute Gasteiger partial charge is 0.329 e. The van der Waals surface area contributed by atoms with Gasteiger partial charge in [-0.25, -0.2) is 9.59 Å². The normalized spacial score (nSPS) is 17.8. The molecule has 0 unspecified atom stereocenters. The third-order valence-corrected chi connectivity index (χ3v) is 4.03. The number of carbonyl (C=O) groups excluding carboxylic acids is 1. The summed E-state index contributed by atoms with van der Waals surface area (Å²) in [5.74, 6) is -0.936. The number of carboxylic acids is 1. The number of carboxylic acid groups (broad SMARTS) is 1. The van der Waals surface area contributed by atoms with Crippen LogP contribution >= 0.6 is 0 Å². The van der Waals surface area contributed by atoms with Gasteiger partial charge in [0, 0.05) is 18.8 Å². The Balaban J connectivity index is 2.02. The van der Waals surface area contributed by atoms with Crippen molar-refractivity contribution in [2.45, 2.75) is 50.6 Å². The maximum absolute atomic E-state index is 12.3. The number of urea groups is 1. The van der Waals surface area contributed by atoms with Gasteiger partial charge in [0.2, 0.25) is 0 Å². The minimum absolute atomic E-state index is 0.361. The van der Waals surface area contributed by atoms with Crippen molar-refractivity contribution < 1.29 is 14.7 Å². The van der Waals surface area contributed by atoms with E-state index in [1.165, 1.54) is 4.90 Å². The molecule has 0 saturated heterocycles. The number of hydrogen-bond acceptors (Lipinski definition) is 3. The monoisotopic (exact) mass is 294 g/mol. The van der Waals surface area contributed by atoms with Crippen LogP contribution in [-0.2, 0) is 11.3 Å². The molecule has 1 aromatic heterocycles. The van der Waals surface area contributed by atoms with Gasteiger partial charge in [0.25, 0.3) is 0 Å². The van der Waals surface area contributed by atoms with Gasteiger partial charge in [-0.1, -0.05) is 25.7 Å². The number of aromatic amines is 1. The first kappa shape index (κ1) is 15.3. The van der Waals surface area contributed by atoms with Crippen molar-refractivity contribution >= 4 is 12.0 Å². The average Bonchev–Trinajstić information content (AvgIpc) is 2.83. The van der Waals surface area contributed by atoms with Gasteiger partial charge in [0.15, 0.2) is 0 Å². The van der Waals surface area contributed by atoms with Crippen LogP contribution in [0.2, 0.25) is 0 Å². The number of aliphatic carboxylic acids is 1. The minimum Gasteiger partial charge on any atom is -0.480 e. The van der Waals surface area contributed by atoms with E-state index in [1.807, 2.05) is 0 Å². The Morgan fingerprint density at radius 1 is 1.38 bits per heavy atom. The van der Waals surface area contributed by atoms with Crippen LogP contribution in [0, 0.1) is 0 Å². The number of aromatic nitrogens is 2. The van der Waals surface area contributed by atoms with Gasteiger partial charge >= 0.3 is 12.0 Å². The van der Waals surface area contributed by atoms with Crippen LogP contribution in [-0.4, -0.2) is 44.8 Å². The van der Waals surface area contributed by atoms with Gasteiger partial charge in [0.05, 0.1) is 12.7 Å². The van der Waals surface area contributed by atoms with E-state index in [0.29, 0.717) is 19.4 Å². The molecule has 0 radical (unpaired) electrons. The van der Waals surface area contributed by atoms with Crippen molar-refractivity contribution in [2.75, 3.05) is 7.05 Å². The molecule has 1 aromatic rings. The highest BCUT2D eigenvalue weighted by atomic mass is 16.4. The van der Waals surface area contributed by atoms with Gasteiger partial charge in [-0.2, -0.15) is 5.10 Å². The molecule has 1 fully saturated rings. The summed E-state index contributed by atoms with van der Waals surface area (Å²) in [5.41, 5.74) is -0.254. The van der Waals surface area contributed by atoms with Gasteiger partial charge < -0.3 is 15.3 Å². The third kappa shape index (κ3) is 3.74. The van der Waals surface area contributed by atoms with E-state index in [0.717, 1.165) is 31.2 Å². The highest BCUT2D eigenvalue weighted by Gasteiger charge is 2.40. The fourth-order valence-electron chi connectivity index (χ4n) is 2.73. The van der Waals surface area contributed by atoms with Gasteiger partial charge in [-0.3, -0.25) is 5.10 Å². The number of H-pyrrole nitrogens is 1. The van der Waals surface area contributed by atoms with E-state index in [9.17, 15) is 14.7 Å². The number of carbonyl (C=O) groups is 2. The van der Waals surface area contributed by atoms with Crippen LogP contribution in [0.4, 0.5) is 4.79 Å². The van der Waals surface area contributed by atoms with E-state index < -0.39 is 11.5 Å². The molecular weight excluding hydrogens is 272 g/mol. The van der Waals surface area contributed by atoms with Crippen LogP contribution in [0.3, 0.4) is 0 Å². The molecule has 2 amide bonds. The molecule has 0 aromatic carbocycles. The van der Waals surface area contributed by atoms with Crippen molar-refractivity contribution in [1.82, 2.24) is 20.4 Å². The molecule has 1 aliphatic carbocycles. The third-order valence-electron chi connectivity index (χ3n) is 4.03. The Morgan fingerprint density at radius 2 is 2.05 bits per heavy atom. The Hall–Kier alpha value is -2.05. The molecule has 0 aliphatic heterocycles. The molecule has 0 bridgehead atoms. The quantitative estimate of drug-likeness (QED) is 0.736. The van der Waals surface area contributed by atoms with Crippen LogP contribution in [0.25, 0.3) is 0 Å². The number of nitrogens with zero attached hydrogens (tertiary/aromatic N) is 2. The van der Waals surface area contributed by atoms with Gasteiger partial charge in [-0.15, -0.1) is 0 Å². The first-order valence-electron chi connectivity index (χ1n) is 7.28. The lowest BCUT2D eigenvalue weighted by Crippen LogP contribution is -2.57. The first-order chi connectivity index (χ1) is 10.0. The second-order valence-corrected chi connectivity index (χ2v) is 5.69. The molecule has 1 heterocycles. The van der Waals surface area contributed by atoms with E-state index in [4.69, 9.17) is 0 Å². The Morgan fingerprint density at radius 3 is 2.57 bits per heavy atom. The van der Waals surface area contributed by atoms with Crippen LogP contribution < -0.4 is 5.32 Å². The summed E-state index contributed by atoms with van der Waals surface area (Å²) in [4.78, 5) is 25.4. The predicted molar refractivity (Wildman–Crippen MR) is 76.7 cm³/mol. The Labute approximate surface area is 123 Å². The van der Waals surface area contributed by atoms with Gasteiger partial charge in [-0.05, 0) is 12.8 Å². The zero-order valence-electron chi connectivity index (χ0n) is 12.3. The fraction of sp³-hybridized carbons (Fsp3) is 0.643. The second kappa shape index (κ2) is 6.60. The molecule has 1 saturated carbocycles. The summed E-state index contributed by atoms with van der Waals surface area (Å²) in [6.07, 6.45) is 8.05. The summed E-state index contributed by atoms with van der Waals surface area (Å²) in [6.45, 7) is 0.387. The zero-order chi connectivity index (χ0) is 15.3. The number of hydrogen-bond donors (Lipinski definition) is 3. The largest absolute Gasteiger partial charge is 0.480 e. The second-order valence-electron chi connectivity index (χ2n) is 5.69. The minimum atomic E-state index is -1.13. The molecule has 2 rings (SSSR count). The standard InChI is InChI=1S/C14H22N4O3/c1-18(10-11-8-15-16-9-11)13(21)17-14(12(19)20)6-4-2-3-5-7-14/h8-9H,2-7,10H2,1H3,(H,15,16)(H,17,21)(H,19,20). The number of amides is 2. The first-order valence-corrected chi connectivity index (χ1v) is 7.28. The van der Waals surface area contributed by atoms with E-state index in [1.54, 1.807) is 19.4 Å². The summed E-state index contributed by atoms with van der Waals surface area (Å²) < 4.78 is 0. The number of nitrogens with one attached hydrogen (secondary N) is 2. The predicted octanol–water partition coefficient (Wildman–Crippen LogP) is 1.73. The summed E-state index contributed by atoms with van der Waals surface area (Å²) in [5, 5.41) is 18.8. The fourth-order valence-corrected chi connectivity index (χ4v) is 2.73. The highest BCUT2D eigenvalue weighted by molar-refractivity contribution is 5.86. The lowest BCUT2D eigenvalue weighted by Gasteiger charge is -2.31. The molecule has 7 nitrogen and oxygen atoms in total. The van der Waals surface area contributed by atoms with E-state index in [2.05, 4.69) is 15.5 Å². The lowest BCUT2D eigenvalue weighted by molar-refractivity contribution is -0.145. The average molecular weight is 294 g/mol. The van der Waals surface area contributed by atoms with Crippen LogP contribution in [0.1, 0.15) is 44.1 Å². The van der Waals surface area contributed by atoms with Gasteiger partial charge in [0.1, 0.15) is 5.54 Å². The molecule has 116 valence electrons. The SMILES string of the molecule is CN(Cc1cn[nH]c1)C(=O)NC1(C(=O)O)CCCCCC1. The molecular formula is C14H22N4O3. The van der Waals surface area contributed by atoms with E-state index >= 15 is 0 Å². The Bertz CT molecular complexity index is 478. The molecule has 3 N–H and O–H groups in total. The van der Waals surface area contributed by atoms with Crippen molar-refractivity contribution in [3.63, 3.8) is 0 Å². The molecule has 1 aliphatic rings. The van der Waals surface area contributed by atoms with Crippen LogP contribution in [0.15, 0.2) is 12.4 Å². The lowest BCUT2D eigenvalue weighted by atomic mass is 9.90. The zero-order valence-corrected chi connectivity index (χ0v) is 12.3. The van der Waals surface area contributed by atoms with Crippen molar-refractivity contribution in [3.8, 4) is 0 Å². The van der Waals surface area contributed by atoms with Crippen molar-refractivity contribution in [2.24, 2.45) is 0 Å². The molecule has 0 atom stereocenters. The topological polar surface area (TPSA) is 98.3 Å². The van der Waals surface area contributed by atoms with E-state index in [-0.39, 0.29) is 6.03 Å². The van der Waals surface area contributed by atoms with Crippen molar-refractivity contribution in [1.29, 1.82) is 0 Å². The maximum Gasteiger partial charge on any atom is 0.329 e. The number of rotatable bonds is 4. The summed E-state index contributed by atoms with van der Waals surface area (Å²) >= 11 is 0. The molecule has 21 heavy (non-hydrogen) atoms. The molecule has 0 spiro atoms. The van der Waals surface area contributed by atoms with Crippen molar-refractivity contribution in [3.05, 3.63) is 18.0 Å².